The van der Waals surface area contributed by atoms with Gasteiger partial charge in [0.15, 0.2) is 0 Å². The van der Waals surface area contributed by atoms with Crippen LogP contribution in [-0.2, 0) is 11.2 Å². The topological polar surface area (TPSA) is 64.5 Å². The van der Waals surface area contributed by atoms with Crippen molar-refractivity contribution in [2.24, 2.45) is 11.7 Å². The number of morpholine rings is 1. The van der Waals surface area contributed by atoms with Crippen LogP contribution in [0.25, 0.3) is 0 Å². The van der Waals surface area contributed by atoms with Crippen LogP contribution in [0.15, 0.2) is 6.07 Å². The molecular weight excluding hydrogens is 310 g/mol. The van der Waals surface area contributed by atoms with Gasteiger partial charge >= 0.3 is 0 Å². The van der Waals surface area contributed by atoms with Crippen LogP contribution >= 0.6 is 0 Å². The molecule has 4 heteroatoms. The van der Waals surface area contributed by atoms with Gasteiger partial charge in [0.05, 0.1) is 12.2 Å². The van der Waals surface area contributed by atoms with Gasteiger partial charge in [0.25, 0.3) is 0 Å². The van der Waals surface area contributed by atoms with Crippen LogP contribution < -0.4 is 16.4 Å². The Morgan fingerprint density at radius 3 is 2.28 bits per heavy atom. The van der Waals surface area contributed by atoms with Crippen molar-refractivity contribution in [3.63, 3.8) is 0 Å². The molecule has 2 fully saturated rings. The van der Waals surface area contributed by atoms with Gasteiger partial charge in [-0.2, -0.15) is 0 Å². The summed E-state index contributed by atoms with van der Waals surface area (Å²) in [5.74, 6) is 0.721. The standard InChI is InChI=1S/C21H35N3O/c1-13-9-20(23)19(10-17-5-7-18(22)8-6-17)16(4)21(13)24-11-14(2)25-15(3)12-24/h9,14-15,17-18H,5-8,10-12,22-23H2,1-4H3/t14-,15-,17?,18?/m1/s1. The van der Waals surface area contributed by atoms with E-state index in [-0.39, 0.29) is 12.2 Å². The Hall–Kier alpha value is -1.26. The van der Waals surface area contributed by atoms with Crippen molar-refractivity contribution in [3.8, 4) is 0 Å². The van der Waals surface area contributed by atoms with Crippen molar-refractivity contribution < 1.29 is 4.74 Å². The van der Waals surface area contributed by atoms with Gasteiger partial charge in [-0.3, -0.25) is 0 Å². The Balaban J connectivity index is 1.86. The maximum atomic E-state index is 6.45. The number of anilines is 2. The molecule has 1 saturated carbocycles. The quantitative estimate of drug-likeness (QED) is 0.822. The highest BCUT2D eigenvalue weighted by molar-refractivity contribution is 5.69. The van der Waals surface area contributed by atoms with Crippen LogP contribution in [0.4, 0.5) is 11.4 Å². The van der Waals surface area contributed by atoms with E-state index in [1.807, 2.05) is 0 Å². The lowest BCUT2D eigenvalue weighted by Gasteiger charge is -2.39. The van der Waals surface area contributed by atoms with E-state index in [0.717, 1.165) is 44.0 Å². The van der Waals surface area contributed by atoms with Crippen molar-refractivity contribution in [3.05, 3.63) is 22.8 Å². The third kappa shape index (κ3) is 4.12. The Bertz CT molecular complexity index is 598. The zero-order valence-corrected chi connectivity index (χ0v) is 16.3. The monoisotopic (exact) mass is 345 g/mol. The van der Waals surface area contributed by atoms with E-state index in [1.165, 1.54) is 35.2 Å². The van der Waals surface area contributed by atoms with Crippen LogP contribution in [-0.4, -0.2) is 31.3 Å². The number of aryl methyl sites for hydroxylation is 1. The van der Waals surface area contributed by atoms with Gasteiger partial charge in [0.2, 0.25) is 0 Å². The van der Waals surface area contributed by atoms with E-state index in [1.54, 1.807) is 0 Å². The molecule has 4 nitrogen and oxygen atoms in total. The molecule has 1 heterocycles. The summed E-state index contributed by atoms with van der Waals surface area (Å²) < 4.78 is 5.92. The maximum absolute atomic E-state index is 6.45. The van der Waals surface area contributed by atoms with E-state index >= 15 is 0 Å². The summed E-state index contributed by atoms with van der Waals surface area (Å²) >= 11 is 0. The molecular formula is C21H35N3O. The zero-order chi connectivity index (χ0) is 18.1. The maximum Gasteiger partial charge on any atom is 0.0726 e. The highest BCUT2D eigenvalue weighted by Crippen LogP contribution is 2.36. The Morgan fingerprint density at radius 2 is 1.68 bits per heavy atom. The van der Waals surface area contributed by atoms with Crippen LogP contribution in [0, 0.1) is 19.8 Å². The van der Waals surface area contributed by atoms with Gasteiger partial charge in [-0.05, 0) is 88.5 Å². The van der Waals surface area contributed by atoms with Crippen molar-refractivity contribution >= 4 is 11.4 Å². The summed E-state index contributed by atoms with van der Waals surface area (Å²) in [4.78, 5) is 2.50. The molecule has 1 aromatic carbocycles. The van der Waals surface area contributed by atoms with Crippen LogP contribution in [0.3, 0.4) is 0 Å². The molecule has 25 heavy (non-hydrogen) atoms. The number of ether oxygens (including phenoxy) is 1. The molecule has 1 saturated heterocycles. The first-order valence-corrected chi connectivity index (χ1v) is 9.89. The summed E-state index contributed by atoms with van der Waals surface area (Å²) in [5.41, 5.74) is 18.9. The Labute approximate surface area is 152 Å². The number of hydrogen-bond donors (Lipinski definition) is 2. The fourth-order valence-electron chi connectivity index (χ4n) is 4.84. The van der Waals surface area contributed by atoms with Crippen molar-refractivity contribution in [2.45, 2.75) is 78.0 Å². The normalized spacial score (nSPS) is 30.5. The minimum atomic E-state index is 0.267. The summed E-state index contributed by atoms with van der Waals surface area (Å²) in [5, 5.41) is 0. The van der Waals surface area contributed by atoms with Crippen molar-refractivity contribution in [2.75, 3.05) is 23.7 Å². The van der Waals surface area contributed by atoms with Crippen LogP contribution in [0.2, 0.25) is 0 Å². The lowest BCUT2D eigenvalue weighted by atomic mass is 9.81. The predicted octanol–water partition coefficient (Wildman–Crippen LogP) is 3.56. The van der Waals surface area contributed by atoms with E-state index in [0.29, 0.717) is 6.04 Å². The molecule has 140 valence electrons. The molecule has 0 aromatic heterocycles. The number of nitrogen functional groups attached to an aromatic ring is 1. The van der Waals surface area contributed by atoms with Crippen LogP contribution in [0.5, 0.6) is 0 Å². The van der Waals surface area contributed by atoms with Gasteiger partial charge in [0.1, 0.15) is 0 Å². The molecule has 0 amide bonds. The van der Waals surface area contributed by atoms with Crippen LogP contribution in [0.1, 0.15) is 56.2 Å². The second-order valence-electron chi connectivity index (χ2n) is 8.38. The summed E-state index contributed by atoms with van der Waals surface area (Å²) in [6.07, 6.45) is 6.39. The fraction of sp³-hybridized carbons (Fsp3) is 0.714. The highest BCUT2D eigenvalue weighted by Gasteiger charge is 2.27. The number of hydrogen-bond acceptors (Lipinski definition) is 4. The van der Waals surface area contributed by atoms with E-state index < -0.39 is 0 Å². The van der Waals surface area contributed by atoms with Gasteiger partial charge in [-0.15, -0.1) is 0 Å². The van der Waals surface area contributed by atoms with E-state index in [4.69, 9.17) is 16.2 Å². The predicted molar refractivity (Wildman–Crippen MR) is 106 cm³/mol. The van der Waals surface area contributed by atoms with Crippen molar-refractivity contribution in [1.82, 2.24) is 0 Å². The molecule has 1 aromatic rings. The van der Waals surface area contributed by atoms with Gasteiger partial charge in [-0.1, -0.05) is 0 Å². The largest absolute Gasteiger partial charge is 0.398 e. The smallest absolute Gasteiger partial charge is 0.0726 e. The van der Waals surface area contributed by atoms with Crippen molar-refractivity contribution in [1.29, 1.82) is 0 Å². The summed E-state index contributed by atoms with van der Waals surface area (Å²) in [6.45, 7) is 10.7. The SMILES string of the molecule is Cc1cc(N)c(CC2CCC(N)CC2)c(C)c1N1C[C@@H](C)O[C@H](C)C1. The lowest BCUT2D eigenvalue weighted by Crippen LogP contribution is -2.46. The molecule has 2 atom stereocenters. The highest BCUT2D eigenvalue weighted by atomic mass is 16.5. The molecule has 3 rings (SSSR count). The molecule has 0 radical (unpaired) electrons. The van der Waals surface area contributed by atoms with E-state index in [2.05, 4.69) is 38.7 Å². The molecule has 0 bridgehead atoms. The van der Waals surface area contributed by atoms with Gasteiger partial charge in [0, 0.05) is 30.5 Å². The molecule has 2 aliphatic rings. The first kappa shape index (κ1) is 18.5. The molecule has 4 N–H and O–H groups in total. The summed E-state index contributed by atoms with van der Waals surface area (Å²) in [6, 6.07) is 2.58. The number of benzene rings is 1. The van der Waals surface area contributed by atoms with Gasteiger partial charge < -0.3 is 21.1 Å². The number of nitrogens with two attached hydrogens (primary N) is 2. The second-order valence-corrected chi connectivity index (χ2v) is 8.38. The first-order chi connectivity index (χ1) is 11.8. The zero-order valence-electron chi connectivity index (χ0n) is 16.3. The number of rotatable bonds is 3. The fourth-order valence-corrected chi connectivity index (χ4v) is 4.84. The third-order valence-corrected chi connectivity index (χ3v) is 6.02. The minimum Gasteiger partial charge on any atom is -0.398 e. The molecule has 0 spiro atoms. The van der Waals surface area contributed by atoms with E-state index in [9.17, 15) is 0 Å². The summed E-state index contributed by atoms with van der Waals surface area (Å²) in [7, 11) is 0. The third-order valence-electron chi connectivity index (χ3n) is 6.02. The average molecular weight is 346 g/mol. The second kappa shape index (κ2) is 7.55. The average Bonchev–Trinajstić information content (AvgIpc) is 2.52. The molecule has 1 aliphatic carbocycles. The Kier molecular flexibility index (Phi) is 5.59. The Morgan fingerprint density at radius 1 is 1.08 bits per heavy atom. The first-order valence-electron chi connectivity index (χ1n) is 9.89. The number of nitrogens with zero attached hydrogens (tertiary/aromatic N) is 1. The molecule has 1 aliphatic heterocycles. The molecule has 0 unspecified atom stereocenters. The van der Waals surface area contributed by atoms with Gasteiger partial charge in [-0.25, -0.2) is 0 Å². The minimum absolute atomic E-state index is 0.267. The lowest BCUT2D eigenvalue weighted by molar-refractivity contribution is -0.00528.